The summed E-state index contributed by atoms with van der Waals surface area (Å²) in [5.74, 6) is 0. The molecule has 0 fully saturated rings. The summed E-state index contributed by atoms with van der Waals surface area (Å²) in [5.41, 5.74) is 0. The van der Waals surface area contributed by atoms with Gasteiger partial charge in [0.15, 0.2) is 0 Å². The number of hydrogen-bond acceptors (Lipinski definition) is 5. The van der Waals surface area contributed by atoms with Gasteiger partial charge in [0.1, 0.15) is 0 Å². The Hall–Kier alpha value is 1.59. The molecule has 0 heterocycles. The summed E-state index contributed by atoms with van der Waals surface area (Å²) in [6.07, 6.45) is 0. The normalized spacial score (nSPS) is 10.9. The first-order chi connectivity index (χ1) is 10.0. The summed E-state index contributed by atoms with van der Waals surface area (Å²) in [6, 6.07) is 0. The third-order valence-electron chi connectivity index (χ3n) is 0. The first-order valence-electron chi connectivity index (χ1n) is 3.91. The summed E-state index contributed by atoms with van der Waals surface area (Å²) in [4.78, 5) is 108. The van der Waals surface area contributed by atoms with Gasteiger partial charge < -0.3 is 73.4 Å². The van der Waals surface area contributed by atoms with Crippen LogP contribution in [0.4, 0.5) is 0 Å². The van der Waals surface area contributed by atoms with Crippen molar-refractivity contribution in [3.8, 4) is 0 Å². The largest absolute Gasteiger partial charge is 0.466 e. The van der Waals surface area contributed by atoms with E-state index in [1.54, 1.807) is 0 Å². The maximum absolute atomic E-state index is 8.88. The molecule has 176 valence electrons. The molecule has 0 aromatic heterocycles. The molecule has 0 aliphatic rings. The molecule has 0 aliphatic carbocycles. The minimum Gasteiger partial charge on any atom is -0.303 e. The van der Waals surface area contributed by atoms with Crippen LogP contribution < -0.4 is 0 Å². The Morgan fingerprint density at radius 2 is 0.259 bits per heavy atom. The molecule has 0 rings (SSSR count). The van der Waals surface area contributed by atoms with E-state index in [0.29, 0.717) is 0 Å². The third kappa shape index (κ3) is 7160. The van der Waals surface area contributed by atoms with Gasteiger partial charge in [-0.2, -0.15) is 0 Å². The molecular weight excluding hydrogens is 587 g/mol. The van der Waals surface area contributed by atoms with Gasteiger partial charge in [0.25, 0.3) is 0 Å². The first kappa shape index (κ1) is 46.7. The minimum atomic E-state index is -4.64. The number of rotatable bonds is 0. The smallest absolute Gasteiger partial charge is 0.303 e. The van der Waals surface area contributed by atoms with Gasteiger partial charge in [-0.15, -0.1) is 0 Å². The fraction of sp³-hybridized carbons (Fsp3) is 0. The van der Waals surface area contributed by atoms with Gasteiger partial charge in [0, 0.05) is 34.1 Å². The van der Waals surface area contributed by atoms with Crippen LogP contribution in [0.2, 0.25) is 0 Å². The Bertz CT molecular complexity index is 375. The topological polar surface area (TPSA) is 389 Å². The Kier molecular flexibility index (Phi) is 33.8. The first-order valence-corrected chi connectivity index (χ1v) is 11.7. The zero-order valence-corrected chi connectivity index (χ0v) is 18.4. The van der Waals surface area contributed by atoms with Crippen molar-refractivity contribution >= 4 is 39.1 Å². The van der Waals surface area contributed by atoms with E-state index in [1.807, 2.05) is 0 Å². The van der Waals surface area contributed by atoms with Crippen LogP contribution in [0.25, 0.3) is 0 Å². The Morgan fingerprint density at radius 1 is 0.259 bits per heavy atom. The third-order valence-corrected chi connectivity index (χ3v) is 0. The average Bonchev–Trinajstić information content (AvgIpc) is 1.79. The van der Waals surface area contributed by atoms with E-state index in [4.69, 9.17) is 96.2 Å². The van der Waals surface area contributed by atoms with Crippen molar-refractivity contribution in [1.82, 2.24) is 0 Å². The second-order valence-corrected chi connectivity index (χ2v) is 7.70. The molecule has 20 nitrogen and oxygen atoms in total. The molecule has 27 heavy (non-hydrogen) atoms. The van der Waals surface area contributed by atoms with Crippen LogP contribution in [0.5, 0.6) is 0 Å². The Morgan fingerprint density at radius 3 is 0.259 bits per heavy atom. The van der Waals surface area contributed by atoms with Crippen molar-refractivity contribution in [2.75, 3.05) is 0 Å². The molecule has 0 atom stereocenters. The molecule has 0 aromatic rings. The van der Waals surface area contributed by atoms with Gasteiger partial charge in [-0.1, -0.05) is 0 Å². The van der Waals surface area contributed by atoms with E-state index in [9.17, 15) is 0 Å². The van der Waals surface area contributed by atoms with Crippen LogP contribution in [0, 0.1) is 0 Å². The van der Waals surface area contributed by atoms with Crippen LogP contribution in [-0.4, -0.2) is 73.4 Å². The van der Waals surface area contributed by atoms with E-state index in [-0.39, 0.29) is 34.1 Å². The Labute approximate surface area is 169 Å². The SMILES string of the molecule is O=P(O)(O)O.O=P(O)(O)O.O=P(O)(O)O.O=P(O)(O)O.O=P(O)(O)O.[Fe].[Fe]. The van der Waals surface area contributed by atoms with Crippen molar-refractivity contribution in [2.24, 2.45) is 0 Å². The zero-order valence-electron chi connectivity index (χ0n) is 11.7. The molecule has 27 heteroatoms. The van der Waals surface area contributed by atoms with Crippen molar-refractivity contribution in [3.63, 3.8) is 0 Å². The zero-order chi connectivity index (χ0) is 22.5. The fourth-order valence-corrected chi connectivity index (χ4v) is 0. The van der Waals surface area contributed by atoms with Gasteiger partial charge in [-0.3, -0.25) is 0 Å². The summed E-state index contributed by atoms with van der Waals surface area (Å²) < 4.78 is 44.4. The fourth-order valence-electron chi connectivity index (χ4n) is 0. The second kappa shape index (κ2) is 19.5. The Balaban J connectivity index is -0.0000000364. The molecule has 0 unspecified atom stereocenters. The molecule has 0 saturated heterocycles. The molecule has 0 bridgehead atoms. The predicted molar refractivity (Wildman–Crippen MR) is 71.3 cm³/mol. The average molecular weight is 602 g/mol. The minimum absolute atomic E-state index is 0. The molecule has 15 N–H and O–H groups in total. The second-order valence-electron chi connectivity index (χ2n) is 2.57. The van der Waals surface area contributed by atoms with Crippen LogP contribution in [0.15, 0.2) is 0 Å². The van der Waals surface area contributed by atoms with Crippen LogP contribution >= 0.6 is 39.1 Å². The van der Waals surface area contributed by atoms with Gasteiger partial charge in [-0.25, -0.2) is 22.8 Å². The molecule has 0 aliphatic heterocycles. The summed E-state index contributed by atoms with van der Waals surface area (Å²) in [6.45, 7) is 0. The van der Waals surface area contributed by atoms with E-state index in [1.165, 1.54) is 0 Å². The summed E-state index contributed by atoms with van der Waals surface area (Å²) in [7, 11) is -23.2. The van der Waals surface area contributed by atoms with E-state index < -0.39 is 39.1 Å². The van der Waals surface area contributed by atoms with Gasteiger partial charge in [-0.05, 0) is 0 Å². The van der Waals surface area contributed by atoms with Crippen molar-refractivity contribution in [1.29, 1.82) is 0 Å². The molecule has 0 saturated carbocycles. The standard InChI is InChI=1S/2Fe.5H3O4P/c;;5*1-5(2,3)4/h;;5*(H3,1,2,3,4). The molecule has 0 amide bonds. The van der Waals surface area contributed by atoms with Crippen LogP contribution in [0.1, 0.15) is 0 Å². The number of phosphoric acid groups is 5. The maximum atomic E-state index is 8.88. The predicted octanol–water partition coefficient (Wildman–Crippen LogP) is -4.65. The monoisotopic (exact) mass is 602 g/mol. The quantitative estimate of drug-likeness (QED) is 0.0915. The van der Waals surface area contributed by atoms with E-state index >= 15 is 0 Å². The van der Waals surface area contributed by atoms with E-state index in [0.717, 1.165) is 0 Å². The summed E-state index contributed by atoms with van der Waals surface area (Å²) in [5, 5.41) is 0. The molecule has 0 aromatic carbocycles. The van der Waals surface area contributed by atoms with Gasteiger partial charge in [0.05, 0.1) is 0 Å². The van der Waals surface area contributed by atoms with Crippen molar-refractivity contribution in [2.45, 2.75) is 0 Å². The molecule has 0 spiro atoms. The maximum Gasteiger partial charge on any atom is 0.466 e. The van der Waals surface area contributed by atoms with Crippen molar-refractivity contribution in [3.05, 3.63) is 0 Å². The van der Waals surface area contributed by atoms with Crippen LogP contribution in [-0.2, 0) is 57.0 Å². The van der Waals surface area contributed by atoms with E-state index in [2.05, 4.69) is 0 Å². The number of hydrogen-bond donors (Lipinski definition) is 15. The van der Waals surface area contributed by atoms with Crippen LogP contribution in [0.3, 0.4) is 0 Å². The molecular formula is H15Fe2O20P5. The van der Waals surface area contributed by atoms with Gasteiger partial charge >= 0.3 is 39.1 Å². The molecule has 0 radical (unpaired) electrons. The van der Waals surface area contributed by atoms with Gasteiger partial charge in [0.2, 0.25) is 0 Å². The van der Waals surface area contributed by atoms with Crippen molar-refractivity contribution < 1.29 is 130 Å². The summed E-state index contributed by atoms with van der Waals surface area (Å²) >= 11 is 0.